The minimum atomic E-state index is -5.20. The van der Waals surface area contributed by atoms with Crippen LogP contribution in [-0.4, -0.2) is 49.6 Å². The van der Waals surface area contributed by atoms with Crippen LogP contribution in [0.2, 0.25) is 10.0 Å². The molecule has 0 spiro atoms. The van der Waals surface area contributed by atoms with Gasteiger partial charge in [-0.3, -0.25) is 0 Å². The Hall–Kier alpha value is -2.59. The molecule has 1 amide bonds. The summed E-state index contributed by atoms with van der Waals surface area (Å²) < 4.78 is 39.8. The van der Waals surface area contributed by atoms with E-state index in [1.165, 1.54) is 27.8 Å². The number of nitrogens with one attached hydrogen (secondary N) is 1. The molecule has 1 radical (unpaired) electrons. The number of thiazole rings is 1. The van der Waals surface area contributed by atoms with Crippen molar-refractivity contribution in [3.63, 3.8) is 0 Å². The summed E-state index contributed by atoms with van der Waals surface area (Å²) in [7, 11) is 1.58. The number of carbonyl (C=O) groups is 2. The fourth-order valence-electron chi connectivity index (χ4n) is 2.88. The molecule has 7 nitrogen and oxygen atoms in total. The number of imidazole rings is 1. The van der Waals surface area contributed by atoms with Crippen molar-refractivity contribution in [2.24, 2.45) is 0 Å². The molecular formula is C20H12AsCl2F3N4O3S+. The first-order valence-electron chi connectivity index (χ1n) is 9.25. The summed E-state index contributed by atoms with van der Waals surface area (Å²) in [5.41, 5.74) is 2.87. The van der Waals surface area contributed by atoms with E-state index in [0.29, 0.717) is 31.3 Å². The van der Waals surface area contributed by atoms with Crippen LogP contribution in [0.15, 0.2) is 47.3 Å². The molecule has 1 N–H and O–H groups in total. The Balaban J connectivity index is 1.68. The first kappa shape index (κ1) is 24.5. The first-order valence-corrected chi connectivity index (χ1v) is 12.8. The van der Waals surface area contributed by atoms with Crippen LogP contribution in [0.25, 0.3) is 22.6 Å². The van der Waals surface area contributed by atoms with Crippen molar-refractivity contribution in [3.8, 4) is 11.5 Å². The Morgan fingerprint density at radius 2 is 1.94 bits per heavy atom. The number of hydrogen-bond acceptors (Lipinski definition) is 5. The molecule has 14 heteroatoms. The fourth-order valence-corrected chi connectivity index (χ4v) is 5.43. The van der Waals surface area contributed by atoms with Gasteiger partial charge in [-0.1, -0.05) is 0 Å². The van der Waals surface area contributed by atoms with E-state index in [2.05, 4.69) is 14.8 Å². The topological polar surface area (TPSA) is 79.2 Å². The molecule has 0 atom stereocenters. The number of anilines is 1. The number of amides is 1. The van der Waals surface area contributed by atoms with Crippen molar-refractivity contribution in [2.75, 3.05) is 11.9 Å². The van der Waals surface area contributed by atoms with Crippen molar-refractivity contribution in [1.82, 2.24) is 9.97 Å². The maximum atomic E-state index is 12.9. The van der Waals surface area contributed by atoms with E-state index in [0.717, 1.165) is 4.73 Å². The number of carbonyl (C=O) groups excluding carboxylic acids is 2. The number of aromatic nitrogens is 3. The van der Waals surface area contributed by atoms with Gasteiger partial charge in [0.25, 0.3) is 0 Å². The Morgan fingerprint density at radius 1 is 1.18 bits per heavy atom. The van der Waals surface area contributed by atoms with Crippen LogP contribution < -0.4 is 18.8 Å². The molecule has 2 aromatic carbocycles. The van der Waals surface area contributed by atoms with Gasteiger partial charge >= 0.3 is 211 Å². The zero-order valence-corrected chi connectivity index (χ0v) is 21.1. The van der Waals surface area contributed by atoms with E-state index in [1.807, 2.05) is 0 Å². The first-order chi connectivity index (χ1) is 16.0. The van der Waals surface area contributed by atoms with Gasteiger partial charge in [0.15, 0.2) is 0 Å². The average molecular weight is 591 g/mol. The third-order valence-electron chi connectivity index (χ3n) is 4.54. The summed E-state index contributed by atoms with van der Waals surface area (Å²) in [5.74, 6) is -2.33. The van der Waals surface area contributed by atoms with Gasteiger partial charge in [0.1, 0.15) is 0 Å². The van der Waals surface area contributed by atoms with E-state index in [9.17, 15) is 22.8 Å². The van der Waals surface area contributed by atoms with Gasteiger partial charge in [0, 0.05) is 0 Å². The third-order valence-corrected chi connectivity index (χ3v) is 8.02. The molecular weight excluding hydrogens is 579 g/mol. The predicted molar refractivity (Wildman–Crippen MR) is 123 cm³/mol. The van der Waals surface area contributed by atoms with E-state index in [1.54, 1.807) is 42.8 Å². The van der Waals surface area contributed by atoms with Gasteiger partial charge < -0.3 is 0 Å². The summed E-state index contributed by atoms with van der Waals surface area (Å²) in [6, 6.07) is 9.56. The van der Waals surface area contributed by atoms with Gasteiger partial charge in [0.05, 0.1) is 0 Å². The number of fused-ring (bicyclic) bond motifs is 1. The average Bonchev–Trinajstić information content (AvgIpc) is 3.43. The molecule has 0 unspecified atom stereocenters. The van der Waals surface area contributed by atoms with Crippen molar-refractivity contribution in [2.45, 2.75) is 6.18 Å². The van der Waals surface area contributed by atoms with Gasteiger partial charge in [-0.2, -0.15) is 0 Å². The van der Waals surface area contributed by atoms with Gasteiger partial charge in [0.2, 0.25) is 0 Å². The molecule has 175 valence electrons. The second-order valence-corrected chi connectivity index (χ2v) is 10.7. The van der Waals surface area contributed by atoms with E-state index in [4.69, 9.17) is 23.2 Å². The zero-order valence-electron chi connectivity index (χ0n) is 16.9. The number of hydrogen-bond donors (Lipinski definition) is 1. The van der Waals surface area contributed by atoms with Crippen molar-refractivity contribution < 1.29 is 32.3 Å². The molecule has 4 aromatic rings. The molecule has 0 fully saturated rings. The van der Waals surface area contributed by atoms with E-state index < -0.39 is 27.9 Å². The summed E-state index contributed by atoms with van der Waals surface area (Å²) >= 11 is 12.1. The number of aromatic amines is 1. The monoisotopic (exact) mass is 590 g/mol. The van der Waals surface area contributed by atoms with Gasteiger partial charge in [-0.25, -0.2) is 0 Å². The molecule has 0 aliphatic heterocycles. The Kier molecular flexibility index (Phi) is 6.91. The third kappa shape index (κ3) is 5.07. The minimum absolute atomic E-state index is 0.0569. The van der Waals surface area contributed by atoms with Crippen LogP contribution in [0, 0.1) is 0 Å². The zero-order chi connectivity index (χ0) is 24.6. The molecule has 2 aromatic heterocycles. The molecule has 0 aliphatic rings. The van der Waals surface area contributed by atoms with Crippen LogP contribution >= 0.6 is 34.5 Å². The Bertz CT molecular complexity index is 1400. The molecule has 0 saturated carbocycles. The van der Waals surface area contributed by atoms with Crippen LogP contribution in [0.1, 0.15) is 0 Å². The molecule has 0 aliphatic carbocycles. The Labute approximate surface area is 210 Å². The normalized spacial score (nSPS) is 11.9. The summed E-state index contributed by atoms with van der Waals surface area (Å²) in [6.07, 6.45) is -5.20. The SMILES string of the molecule is CN(C(=O)[As]c1ccc2[nH]c(-c3cscn3)[n+](OC(=O)C(F)(F)F)c2c1)c1ccc(Cl)c(Cl)c1. The number of benzene rings is 2. The quantitative estimate of drug-likeness (QED) is 0.282. The summed E-state index contributed by atoms with van der Waals surface area (Å²) in [4.78, 5) is 37.5. The van der Waals surface area contributed by atoms with Crippen LogP contribution in [0.5, 0.6) is 0 Å². The van der Waals surface area contributed by atoms with E-state index in [-0.39, 0.29) is 16.0 Å². The Morgan fingerprint density at radius 3 is 2.59 bits per heavy atom. The van der Waals surface area contributed by atoms with Crippen molar-refractivity contribution in [1.29, 1.82) is 0 Å². The standard InChI is InChI=1S/C20H11AsCl2F3N4O3S/c1-29(11-3-4-12(22)13(23)7-11)19(32)21-10-2-5-14-16(6-10)30(33-18(31)20(24,25)26)17(28-14)15-8-34-9-27-15/h2-9H,1H3/p+1. The van der Waals surface area contributed by atoms with Crippen LogP contribution in [0.4, 0.5) is 23.7 Å². The molecule has 0 saturated heterocycles. The molecule has 34 heavy (non-hydrogen) atoms. The molecule has 4 rings (SSSR count). The van der Waals surface area contributed by atoms with Crippen molar-refractivity contribution in [3.05, 3.63) is 57.3 Å². The second kappa shape index (κ2) is 9.57. The van der Waals surface area contributed by atoms with E-state index >= 15 is 0 Å². The fraction of sp³-hybridized carbons (Fsp3) is 0.100. The van der Waals surface area contributed by atoms with Crippen LogP contribution in [-0.2, 0) is 4.79 Å². The van der Waals surface area contributed by atoms with Gasteiger partial charge in [-0.15, -0.1) is 0 Å². The molecule has 2 heterocycles. The number of rotatable bonds is 5. The summed E-state index contributed by atoms with van der Waals surface area (Å²) in [5, 5.41) is 2.24. The number of halogens is 5. The van der Waals surface area contributed by atoms with Gasteiger partial charge in [-0.05, 0) is 0 Å². The van der Waals surface area contributed by atoms with Crippen molar-refractivity contribution >= 4 is 82.0 Å². The number of nitrogens with zero attached hydrogens (tertiary/aromatic N) is 3. The molecule has 0 bridgehead atoms. The van der Waals surface area contributed by atoms with Crippen LogP contribution in [0.3, 0.4) is 0 Å². The second-order valence-electron chi connectivity index (χ2n) is 6.77. The number of H-pyrrole nitrogens is 1. The predicted octanol–water partition coefficient (Wildman–Crippen LogP) is 3.99. The number of alkyl halides is 3. The maximum absolute atomic E-state index is 12.9. The summed E-state index contributed by atoms with van der Waals surface area (Å²) in [6.45, 7) is 0.